The summed E-state index contributed by atoms with van der Waals surface area (Å²) in [5.41, 5.74) is 4.59. The number of esters is 1. The highest BCUT2D eigenvalue weighted by Gasteiger charge is 2.32. The van der Waals surface area contributed by atoms with Crippen molar-refractivity contribution in [3.05, 3.63) is 118 Å². The maximum atomic E-state index is 12.4. The molecule has 2 unspecified atom stereocenters. The number of hydrogen-bond acceptors (Lipinski definition) is 7. The average molecular weight is 667 g/mol. The lowest BCUT2D eigenvalue weighted by Gasteiger charge is -2.23. The van der Waals surface area contributed by atoms with Crippen LogP contribution in [0.2, 0.25) is 10.0 Å². The van der Waals surface area contributed by atoms with Crippen molar-refractivity contribution in [3.8, 4) is 0 Å². The van der Waals surface area contributed by atoms with Gasteiger partial charge < -0.3 is 14.9 Å². The number of nitrogens with one attached hydrogen (secondary N) is 1. The fourth-order valence-electron chi connectivity index (χ4n) is 4.34. The van der Waals surface area contributed by atoms with Crippen molar-refractivity contribution in [3.63, 3.8) is 0 Å². The number of hydrogen-bond donors (Lipinski definition) is 1. The molecule has 0 bridgehead atoms. The third-order valence-electron chi connectivity index (χ3n) is 6.76. The van der Waals surface area contributed by atoms with Gasteiger partial charge in [-0.2, -0.15) is 5.10 Å². The number of rotatable bonds is 12. The van der Waals surface area contributed by atoms with E-state index >= 15 is 0 Å². The van der Waals surface area contributed by atoms with Crippen LogP contribution in [0, 0.1) is 18.8 Å². The van der Waals surface area contributed by atoms with Gasteiger partial charge in [0.2, 0.25) is 5.91 Å². The van der Waals surface area contributed by atoms with Crippen molar-refractivity contribution >= 4 is 40.8 Å². The molecule has 1 heterocycles. The molecule has 46 heavy (non-hydrogen) atoms. The summed E-state index contributed by atoms with van der Waals surface area (Å²) in [7, 11) is 0. The van der Waals surface area contributed by atoms with Gasteiger partial charge in [0.1, 0.15) is 30.9 Å². The van der Waals surface area contributed by atoms with E-state index in [0.29, 0.717) is 28.9 Å². The van der Waals surface area contributed by atoms with Crippen molar-refractivity contribution in [1.29, 1.82) is 0 Å². The number of halogens is 2. The van der Waals surface area contributed by atoms with Crippen molar-refractivity contribution in [2.75, 3.05) is 0 Å². The molecule has 0 radical (unpaired) electrons. The van der Waals surface area contributed by atoms with Gasteiger partial charge in [-0.25, -0.2) is 9.67 Å². The average Bonchev–Trinajstić information content (AvgIpc) is 3.51. The predicted octanol–water partition coefficient (Wildman–Crippen LogP) is 7.60. The molecule has 0 saturated carbocycles. The third-order valence-corrected chi connectivity index (χ3v) is 7.31. The molecule has 0 aliphatic carbocycles. The molecule has 0 aliphatic heterocycles. The molecule has 244 valence electrons. The highest BCUT2D eigenvalue weighted by Crippen LogP contribution is 2.23. The lowest BCUT2D eigenvalue weighted by molar-refractivity contribution is -0.157. The van der Waals surface area contributed by atoms with Crippen LogP contribution in [0.25, 0.3) is 0 Å². The molecule has 2 atom stereocenters. The normalized spacial score (nSPS) is 12.6. The van der Waals surface area contributed by atoms with Crippen LogP contribution in [0.4, 0.5) is 0 Å². The molecule has 3 aromatic carbocycles. The Morgan fingerprint density at radius 1 is 0.957 bits per heavy atom. The summed E-state index contributed by atoms with van der Waals surface area (Å²) in [4.78, 5) is 34.0. The minimum atomic E-state index is -0.782. The molecular weight excluding hydrogens is 625 g/mol. The molecule has 1 N–H and O–H groups in total. The topological polar surface area (TPSA) is 108 Å². The van der Waals surface area contributed by atoms with E-state index in [4.69, 9.17) is 32.8 Å². The Labute approximate surface area is 280 Å². The number of benzene rings is 3. The molecule has 11 heteroatoms. The number of oxime groups is 1. The van der Waals surface area contributed by atoms with Crippen LogP contribution < -0.4 is 5.32 Å². The number of ether oxygens (including phenoxy) is 1. The Balaban J connectivity index is 0.000000252. The summed E-state index contributed by atoms with van der Waals surface area (Å²) in [6.07, 6.45) is 2.85. The van der Waals surface area contributed by atoms with Gasteiger partial charge in [-0.15, -0.1) is 0 Å². The van der Waals surface area contributed by atoms with Gasteiger partial charge in [0.25, 0.3) is 0 Å². The van der Waals surface area contributed by atoms with Crippen LogP contribution in [0.15, 0.2) is 90.6 Å². The van der Waals surface area contributed by atoms with Crippen LogP contribution >= 0.6 is 23.2 Å². The van der Waals surface area contributed by atoms with Gasteiger partial charge in [-0.1, -0.05) is 102 Å². The lowest BCUT2D eigenvalue weighted by Crippen LogP contribution is -2.41. The van der Waals surface area contributed by atoms with Crippen molar-refractivity contribution < 1.29 is 19.2 Å². The van der Waals surface area contributed by atoms with Gasteiger partial charge in [0.15, 0.2) is 0 Å². The van der Waals surface area contributed by atoms with Gasteiger partial charge in [0, 0.05) is 10.6 Å². The van der Waals surface area contributed by atoms with E-state index in [1.54, 1.807) is 37.0 Å². The van der Waals surface area contributed by atoms with Gasteiger partial charge >= 0.3 is 5.97 Å². The van der Waals surface area contributed by atoms with Crippen LogP contribution in [-0.2, 0) is 32.3 Å². The van der Waals surface area contributed by atoms with Crippen LogP contribution in [0.3, 0.4) is 0 Å². The quantitative estimate of drug-likeness (QED) is 0.0722. The maximum Gasteiger partial charge on any atom is 0.319 e. The molecule has 4 rings (SSSR count). The molecule has 1 amide bonds. The summed E-state index contributed by atoms with van der Waals surface area (Å²) in [6.45, 7) is 11.9. The largest absolute Gasteiger partial charge is 0.462 e. The first-order chi connectivity index (χ1) is 21.9. The van der Waals surface area contributed by atoms with Crippen LogP contribution in [0.5, 0.6) is 0 Å². The highest BCUT2D eigenvalue weighted by atomic mass is 35.5. The summed E-state index contributed by atoms with van der Waals surface area (Å²) in [5.74, 6) is -1.64. The van der Waals surface area contributed by atoms with E-state index in [0.717, 1.165) is 16.7 Å². The highest BCUT2D eigenvalue weighted by molar-refractivity contribution is 6.37. The lowest BCUT2D eigenvalue weighted by atomic mass is 9.94. The molecule has 0 saturated heterocycles. The molecule has 4 aromatic rings. The zero-order chi connectivity index (χ0) is 33.6. The molecule has 1 aromatic heterocycles. The van der Waals surface area contributed by atoms with Gasteiger partial charge in [0.05, 0.1) is 23.7 Å². The van der Waals surface area contributed by atoms with Crippen LogP contribution in [0.1, 0.15) is 62.9 Å². The monoisotopic (exact) mass is 665 g/mol. The van der Waals surface area contributed by atoms with E-state index in [-0.39, 0.29) is 24.0 Å². The number of amides is 1. The van der Waals surface area contributed by atoms with Gasteiger partial charge in [-0.05, 0) is 62.9 Å². The Kier molecular flexibility index (Phi) is 14.2. The van der Waals surface area contributed by atoms with E-state index in [1.165, 1.54) is 11.9 Å². The molecule has 0 spiro atoms. The third kappa shape index (κ3) is 11.6. The number of aromatic nitrogens is 3. The minimum Gasteiger partial charge on any atom is -0.462 e. The van der Waals surface area contributed by atoms with Gasteiger partial charge in [-0.3, -0.25) is 9.59 Å². The molecule has 0 aliphatic rings. The second kappa shape index (κ2) is 18.1. The van der Waals surface area contributed by atoms with Crippen molar-refractivity contribution in [2.45, 2.75) is 66.8 Å². The predicted molar refractivity (Wildman–Crippen MR) is 182 cm³/mol. The Morgan fingerprint density at radius 3 is 2.24 bits per heavy atom. The summed E-state index contributed by atoms with van der Waals surface area (Å²) in [5, 5.41) is 12.3. The van der Waals surface area contributed by atoms with Crippen molar-refractivity contribution in [1.82, 2.24) is 20.1 Å². The number of carbonyl (C=O) groups is 2. The Bertz CT molecular complexity index is 1560. The van der Waals surface area contributed by atoms with E-state index in [1.807, 2.05) is 88.4 Å². The second-order valence-corrected chi connectivity index (χ2v) is 12.2. The van der Waals surface area contributed by atoms with Crippen LogP contribution in [-0.4, -0.2) is 38.5 Å². The summed E-state index contributed by atoms with van der Waals surface area (Å²) >= 11 is 12.3. The van der Waals surface area contributed by atoms with E-state index in [9.17, 15) is 9.59 Å². The maximum absolute atomic E-state index is 12.4. The second-order valence-electron chi connectivity index (χ2n) is 11.4. The smallest absolute Gasteiger partial charge is 0.319 e. The minimum absolute atomic E-state index is 0.114. The Hall–Kier alpha value is -4.21. The molecular formula is C35H41Cl2N5O4. The number of nitrogens with zero attached hydrogens (tertiary/aromatic N) is 4. The van der Waals surface area contributed by atoms with E-state index in [2.05, 4.69) is 20.6 Å². The summed E-state index contributed by atoms with van der Waals surface area (Å²) < 4.78 is 6.85. The Morgan fingerprint density at radius 2 is 1.65 bits per heavy atom. The first kappa shape index (κ1) is 36.3. The molecule has 9 nitrogen and oxygen atoms in total. The fourth-order valence-corrected chi connectivity index (χ4v) is 4.86. The first-order valence-corrected chi connectivity index (χ1v) is 15.8. The standard InChI is InChI=1S/C18H27NO3.C17H14Cl2N4O/c1-11(2)16(18(21)22-12(3)4)17(20)19-14(6)15-9-7-13(5)8-10-15;18-14-6-7-15(16(19)8-14)17(9-23-12-20-11-21-23)22-24-10-13-4-2-1-3-5-13/h7-12,14,16H,1-6H3,(H,19,20);1-8,11-12H,9-10H2. The fraction of sp³-hybridized carbons (Fsp3) is 0.343. The number of carbonyl (C=O) groups excluding carboxylic acids is 2. The summed E-state index contributed by atoms with van der Waals surface area (Å²) in [6, 6.07) is 22.9. The van der Waals surface area contributed by atoms with Crippen molar-refractivity contribution in [2.24, 2.45) is 17.0 Å². The first-order valence-electron chi connectivity index (χ1n) is 15.0. The zero-order valence-electron chi connectivity index (χ0n) is 27.0. The molecule has 0 fully saturated rings. The SMILES string of the molecule is Cc1ccc(C(C)NC(=O)C(C(=O)OC(C)C)C(C)C)cc1.Clc1ccc(C(Cn2cncn2)=NOCc2ccccc2)c(Cl)c1. The number of aryl methyl sites for hydroxylation is 1. The zero-order valence-corrected chi connectivity index (χ0v) is 28.5. The van der Waals surface area contributed by atoms with E-state index < -0.39 is 11.9 Å².